The standard InChI is InChI=1S/C20H21NO6S/c1-2-26-19(22)13-14-20(23)27-15-18(16-9-5-3-6-10-16)21-28(24,25)17-11-7-4-8-12-17/h3-14,18,21H,2,15H2,1H3/b14-13+. The molecule has 0 aromatic heterocycles. The molecule has 7 nitrogen and oxygen atoms in total. The number of benzene rings is 2. The Labute approximate surface area is 164 Å². The highest BCUT2D eigenvalue weighted by atomic mass is 32.2. The zero-order chi connectivity index (χ0) is 20.4. The number of ether oxygens (including phenoxy) is 2. The zero-order valence-electron chi connectivity index (χ0n) is 15.3. The van der Waals surface area contributed by atoms with Crippen molar-refractivity contribution in [3.63, 3.8) is 0 Å². The summed E-state index contributed by atoms with van der Waals surface area (Å²) < 4.78 is 37.6. The minimum Gasteiger partial charge on any atom is -0.463 e. The molecule has 0 aliphatic heterocycles. The van der Waals surface area contributed by atoms with Gasteiger partial charge in [0.1, 0.15) is 6.61 Å². The molecule has 0 radical (unpaired) electrons. The maximum Gasteiger partial charge on any atom is 0.331 e. The van der Waals surface area contributed by atoms with Gasteiger partial charge in [0.05, 0.1) is 17.5 Å². The molecule has 148 valence electrons. The molecule has 0 fully saturated rings. The van der Waals surface area contributed by atoms with Gasteiger partial charge < -0.3 is 9.47 Å². The van der Waals surface area contributed by atoms with Gasteiger partial charge in [0, 0.05) is 12.2 Å². The number of rotatable bonds is 9. The molecule has 2 rings (SSSR count). The molecule has 0 aliphatic carbocycles. The maximum absolute atomic E-state index is 12.6. The van der Waals surface area contributed by atoms with E-state index in [4.69, 9.17) is 4.74 Å². The first-order chi connectivity index (χ1) is 13.4. The summed E-state index contributed by atoms with van der Waals surface area (Å²) in [6.45, 7) is 1.59. The van der Waals surface area contributed by atoms with E-state index in [0.29, 0.717) is 5.56 Å². The molecule has 1 unspecified atom stereocenters. The largest absolute Gasteiger partial charge is 0.463 e. The lowest BCUT2D eigenvalue weighted by atomic mass is 10.1. The average molecular weight is 403 g/mol. The zero-order valence-corrected chi connectivity index (χ0v) is 16.1. The van der Waals surface area contributed by atoms with Crippen molar-refractivity contribution in [3.8, 4) is 0 Å². The Kier molecular flexibility index (Phi) is 7.91. The van der Waals surface area contributed by atoms with E-state index in [1.807, 2.05) is 0 Å². The number of esters is 2. The van der Waals surface area contributed by atoms with Gasteiger partial charge in [0.25, 0.3) is 0 Å². The summed E-state index contributed by atoms with van der Waals surface area (Å²) in [6, 6.07) is 15.8. The van der Waals surface area contributed by atoms with Crippen LogP contribution in [0.4, 0.5) is 0 Å². The van der Waals surface area contributed by atoms with Crippen molar-refractivity contribution in [2.24, 2.45) is 0 Å². The Balaban J connectivity index is 2.11. The molecule has 0 heterocycles. The molecule has 0 bridgehead atoms. The van der Waals surface area contributed by atoms with E-state index < -0.39 is 28.0 Å². The third-order valence-electron chi connectivity index (χ3n) is 3.59. The quantitative estimate of drug-likeness (QED) is 0.510. The van der Waals surface area contributed by atoms with Gasteiger partial charge in [-0.05, 0) is 24.6 Å². The lowest BCUT2D eigenvalue weighted by Gasteiger charge is -2.19. The highest BCUT2D eigenvalue weighted by Crippen LogP contribution is 2.18. The van der Waals surface area contributed by atoms with Gasteiger partial charge in [-0.1, -0.05) is 48.5 Å². The van der Waals surface area contributed by atoms with Crippen LogP contribution in [0.2, 0.25) is 0 Å². The predicted molar refractivity (Wildman–Crippen MR) is 103 cm³/mol. The first-order valence-corrected chi connectivity index (χ1v) is 10.0. The highest BCUT2D eigenvalue weighted by Gasteiger charge is 2.22. The fourth-order valence-electron chi connectivity index (χ4n) is 2.28. The molecule has 1 N–H and O–H groups in total. The number of hydrogen-bond acceptors (Lipinski definition) is 6. The van der Waals surface area contributed by atoms with Crippen LogP contribution in [0.5, 0.6) is 0 Å². The maximum atomic E-state index is 12.6. The summed E-state index contributed by atoms with van der Waals surface area (Å²) >= 11 is 0. The SMILES string of the molecule is CCOC(=O)/C=C/C(=O)OCC(NS(=O)(=O)c1ccccc1)c1ccccc1. The fourth-order valence-corrected chi connectivity index (χ4v) is 3.51. The van der Waals surface area contributed by atoms with Crippen molar-refractivity contribution in [2.45, 2.75) is 17.9 Å². The molecular formula is C20H21NO6S. The average Bonchev–Trinajstić information content (AvgIpc) is 2.71. The number of nitrogens with one attached hydrogen (secondary N) is 1. The van der Waals surface area contributed by atoms with Gasteiger partial charge in [-0.25, -0.2) is 22.7 Å². The monoisotopic (exact) mass is 403 g/mol. The van der Waals surface area contributed by atoms with Crippen molar-refractivity contribution in [2.75, 3.05) is 13.2 Å². The molecule has 0 amide bonds. The molecular weight excluding hydrogens is 382 g/mol. The second-order valence-electron chi connectivity index (χ2n) is 5.61. The predicted octanol–water partition coefficient (Wildman–Crippen LogP) is 2.37. The summed E-state index contributed by atoms with van der Waals surface area (Å²) in [4.78, 5) is 23.2. The summed E-state index contributed by atoms with van der Waals surface area (Å²) in [5.74, 6) is -1.45. The molecule has 0 saturated heterocycles. The van der Waals surface area contributed by atoms with Gasteiger partial charge in [0.2, 0.25) is 10.0 Å². The first kappa shape index (κ1) is 21.3. The summed E-state index contributed by atoms with van der Waals surface area (Å²) in [6.07, 6.45) is 1.89. The van der Waals surface area contributed by atoms with E-state index in [1.54, 1.807) is 55.5 Å². The van der Waals surface area contributed by atoms with Crippen molar-refractivity contribution in [1.29, 1.82) is 0 Å². The van der Waals surface area contributed by atoms with Crippen LogP contribution in [-0.4, -0.2) is 33.6 Å². The normalized spacial score (nSPS) is 12.5. The van der Waals surface area contributed by atoms with Crippen LogP contribution in [0, 0.1) is 0 Å². The van der Waals surface area contributed by atoms with E-state index in [9.17, 15) is 18.0 Å². The number of sulfonamides is 1. The molecule has 8 heteroatoms. The van der Waals surface area contributed by atoms with E-state index in [-0.39, 0.29) is 18.1 Å². The van der Waals surface area contributed by atoms with Crippen LogP contribution in [-0.2, 0) is 29.1 Å². The van der Waals surface area contributed by atoms with E-state index in [1.165, 1.54) is 12.1 Å². The van der Waals surface area contributed by atoms with Crippen molar-refractivity contribution in [1.82, 2.24) is 4.72 Å². The Morgan fingerprint density at radius 1 is 0.929 bits per heavy atom. The third-order valence-corrected chi connectivity index (χ3v) is 5.07. The molecule has 2 aromatic carbocycles. The van der Waals surface area contributed by atoms with Gasteiger partial charge >= 0.3 is 11.9 Å². The minimum atomic E-state index is -3.82. The Morgan fingerprint density at radius 2 is 1.46 bits per heavy atom. The topological polar surface area (TPSA) is 98.8 Å². The third kappa shape index (κ3) is 6.64. The van der Waals surface area contributed by atoms with Gasteiger partial charge in [-0.15, -0.1) is 0 Å². The molecule has 0 aliphatic rings. The summed E-state index contributed by atoms with van der Waals surface area (Å²) in [7, 11) is -3.82. The Morgan fingerprint density at radius 3 is 2.04 bits per heavy atom. The van der Waals surface area contributed by atoms with Crippen molar-refractivity contribution in [3.05, 3.63) is 78.4 Å². The molecule has 0 spiro atoms. The Hall–Kier alpha value is -2.97. The van der Waals surface area contributed by atoms with Crippen LogP contribution >= 0.6 is 0 Å². The van der Waals surface area contributed by atoms with Crippen LogP contribution < -0.4 is 4.72 Å². The molecule has 2 aromatic rings. The van der Waals surface area contributed by atoms with Crippen LogP contribution in [0.25, 0.3) is 0 Å². The molecule has 0 saturated carbocycles. The van der Waals surface area contributed by atoms with Gasteiger partial charge in [0.15, 0.2) is 0 Å². The Bertz CT molecular complexity index is 910. The van der Waals surface area contributed by atoms with E-state index in [2.05, 4.69) is 9.46 Å². The number of hydrogen-bond donors (Lipinski definition) is 1. The molecule has 28 heavy (non-hydrogen) atoms. The van der Waals surface area contributed by atoms with Crippen LogP contribution in [0.3, 0.4) is 0 Å². The lowest BCUT2D eigenvalue weighted by Crippen LogP contribution is -2.32. The lowest BCUT2D eigenvalue weighted by molar-refractivity contribution is -0.140. The minimum absolute atomic E-state index is 0.101. The second kappa shape index (κ2) is 10.4. The first-order valence-electron chi connectivity index (χ1n) is 8.56. The number of carbonyl (C=O) groups is 2. The number of carbonyl (C=O) groups excluding carboxylic acids is 2. The fraction of sp³-hybridized carbons (Fsp3) is 0.200. The summed E-state index contributed by atoms with van der Waals surface area (Å²) in [5, 5.41) is 0. The van der Waals surface area contributed by atoms with Gasteiger partial charge in [-0.2, -0.15) is 0 Å². The van der Waals surface area contributed by atoms with Crippen molar-refractivity contribution >= 4 is 22.0 Å². The highest BCUT2D eigenvalue weighted by molar-refractivity contribution is 7.89. The van der Waals surface area contributed by atoms with Crippen LogP contribution in [0.15, 0.2) is 77.7 Å². The van der Waals surface area contributed by atoms with E-state index in [0.717, 1.165) is 12.2 Å². The van der Waals surface area contributed by atoms with Gasteiger partial charge in [-0.3, -0.25) is 0 Å². The smallest absolute Gasteiger partial charge is 0.331 e. The summed E-state index contributed by atoms with van der Waals surface area (Å²) in [5.41, 5.74) is 0.629. The second-order valence-corrected chi connectivity index (χ2v) is 7.33. The van der Waals surface area contributed by atoms with Crippen molar-refractivity contribution < 1.29 is 27.5 Å². The molecule has 1 atom stereocenters. The van der Waals surface area contributed by atoms with E-state index >= 15 is 0 Å². The van der Waals surface area contributed by atoms with Crippen LogP contribution in [0.1, 0.15) is 18.5 Å².